The normalized spacial score (nSPS) is 12.0. The zero-order valence-corrected chi connectivity index (χ0v) is 9.68. The smallest absolute Gasteiger partial charge is 0.269 e. The summed E-state index contributed by atoms with van der Waals surface area (Å²) >= 11 is 0. The lowest BCUT2D eigenvalue weighted by atomic mass is 10.3. The number of nitro groups is 1. The van der Waals surface area contributed by atoms with Gasteiger partial charge in [0.05, 0.1) is 4.92 Å². The summed E-state index contributed by atoms with van der Waals surface area (Å²) in [7, 11) is -0.791. The minimum absolute atomic E-state index is 0.0545. The third-order valence-electron chi connectivity index (χ3n) is 2.26. The summed E-state index contributed by atoms with van der Waals surface area (Å²) in [4.78, 5) is 11.8. The summed E-state index contributed by atoms with van der Waals surface area (Å²) in [6.45, 7) is 0. The molecule has 1 unspecified atom stereocenters. The third kappa shape index (κ3) is 2.57. The molecule has 0 heterocycles. The van der Waals surface area contributed by atoms with Crippen LogP contribution in [0, 0.1) is 14.9 Å². The van der Waals surface area contributed by atoms with E-state index >= 15 is 0 Å². The Bertz CT molecular complexity index is 552. The van der Waals surface area contributed by atoms with Crippen LogP contribution in [-0.4, -0.2) is 4.92 Å². The molecule has 86 valence electrons. The van der Waals surface area contributed by atoms with Gasteiger partial charge in [-0.3, -0.25) is 14.9 Å². The second kappa shape index (κ2) is 4.88. The number of rotatable bonds is 3. The van der Waals surface area contributed by atoms with Crippen LogP contribution in [0.5, 0.6) is 0 Å². The van der Waals surface area contributed by atoms with E-state index < -0.39 is 15.6 Å². The van der Waals surface area contributed by atoms with Crippen LogP contribution in [0.25, 0.3) is 0 Å². The molecule has 0 aromatic heterocycles. The molecular weight excluding hydrogens is 236 g/mol. The Labute approximate surface area is 101 Å². The zero-order chi connectivity index (χ0) is 12.3. The van der Waals surface area contributed by atoms with Crippen LogP contribution in [0.2, 0.25) is 0 Å². The highest BCUT2D eigenvalue weighted by Gasteiger charge is 2.07. The number of nitrogens with one attached hydrogen (secondary N) is 1. The van der Waals surface area contributed by atoms with Gasteiger partial charge in [-0.15, -0.1) is 0 Å². The van der Waals surface area contributed by atoms with Crippen LogP contribution in [0.1, 0.15) is 0 Å². The van der Waals surface area contributed by atoms with Gasteiger partial charge in [0.15, 0.2) is 0 Å². The summed E-state index contributed by atoms with van der Waals surface area (Å²) in [6, 6.07) is 15.6. The first kappa shape index (κ1) is 11.5. The number of nitro benzene ring substituents is 1. The second-order valence-corrected chi connectivity index (χ2v) is 4.93. The summed E-state index contributed by atoms with van der Waals surface area (Å²) in [6.07, 6.45) is 0. The molecule has 4 nitrogen and oxygen atoms in total. The maximum absolute atomic E-state index is 10.5. The molecule has 1 atom stereocenters. The first-order valence-corrected chi connectivity index (χ1v) is 6.16. The Morgan fingerprint density at radius 3 is 2.00 bits per heavy atom. The van der Waals surface area contributed by atoms with Crippen molar-refractivity contribution in [2.45, 2.75) is 9.79 Å². The van der Waals surface area contributed by atoms with Gasteiger partial charge in [0.25, 0.3) is 5.69 Å². The summed E-state index contributed by atoms with van der Waals surface area (Å²) in [5.74, 6) is 0. The molecule has 5 heteroatoms. The summed E-state index contributed by atoms with van der Waals surface area (Å²) in [5.41, 5.74) is 0.0545. The van der Waals surface area contributed by atoms with E-state index in [2.05, 4.69) is 0 Å². The number of hydrogen-bond acceptors (Lipinski definition) is 3. The molecule has 0 fully saturated rings. The molecular formula is C12H10N2O2S. The lowest BCUT2D eigenvalue weighted by molar-refractivity contribution is -0.384. The molecule has 0 saturated heterocycles. The molecule has 0 aliphatic carbocycles. The molecule has 0 spiro atoms. The highest BCUT2D eigenvalue weighted by atomic mass is 32.2. The topological polar surface area (TPSA) is 67.0 Å². The van der Waals surface area contributed by atoms with Crippen molar-refractivity contribution in [2.75, 3.05) is 0 Å². The number of nitrogens with zero attached hydrogens (tertiary/aromatic N) is 1. The van der Waals surface area contributed by atoms with Crippen LogP contribution < -0.4 is 0 Å². The van der Waals surface area contributed by atoms with E-state index in [9.17, 15) is 10.1 Å². The Balaban J connectivity index is 2.30. The molecule has 0 bridgehead atoms. The molecule has 0 aliphatic heterocycles. The van der Waals surface area contributed by atoms with Crippen molar-refractivity contribution in [1.82, 2.24) is 0 Å². The Hall–Kier alpha value is -2.01. The molecule has 0 amide bonds. The maximum atomic E-state index is 10.5. The summed E-state index contributed by atoms with van der Waals surface area (Å²) in [5, 5.41) is 10.5. The highest BCUT2D eigenvalue weighted by Crippen LogP contribution is 2.19. The van der Waals surface area contributed by atoms with Gasteiger partial charge in [0, 0.05) is 21.9 Å². The van der Waals surface area contributed by atoms with Crippen molar-refractivity contribution >= 4 is 16.4 Å². The molecule has 2 rings (SSSR count). The average Bonchev–Trinajstić information content (AvgIpc) is 2.39. The van der Waals surface area contributed by atoms with Crippen LogP contribution in [-0.2, 0) is 10.7 Å². The van der Waals surface area contributed by atoms with E-state index in [1.807, 2.05) is 30.3 Å². The van der Waals surface area contributed by atoms with Crippen LogP contribution >= 0.6 is 0 Å². The standard InChI is InChI=1S/C12H10N2O2S/c13-17(11-4-2-1-3-5-11)12-8-6-10(7-9-12)14(15)16/h1-9,13H. The molecule has 2 aromatic rings. The second-order valence-electron chi connectivity index (χ2n) is 3.37. The van der Waals surface area contributed by atoms with Crippen molar-refractivity contribution < 1.29 is 4.92 Å². The van der Waals surface area contributed by atoms with E-state index in [-0.39, 0.29) is 5.69 Å². The Morgan fingerprint density at radius 1 is 0.941 bits per heavy atom. The van der Waals surface area contributed by atoms with Gasteiger partial charge in [-0.05, 0) is 35.0 Å². The van der Waals surface area contributed by atoms with Crippen molar-refractivity contribution in [2.24, 2.45) is 0 Å². The van der Waals surface area contributed by atoms with Gasteiger partial charge < -0.3 is 0 Å². The minimum atomic E-state index is -0.791. The quantitative estimate of drug-likeness (QED) is 0.666. The minimum Gasteiger partial charge on any atom is -0.271 e. The predicted molar refractivity (Wildman–Crippen MR) is 66.2 cm³/mol. The number of non-ortho nitro benzene ring substituents is 1. The van der Waals surface area contributed by atoms with E-state index in [0.717, 1.165) is 9.79 Å². The van der Waals surface area contributed by atoms with Crippen LogP contribution in [0.3, 0.4) is 0 Å². The highest BCUT2D eigenvalue weighted by molar-refractivity contribution is 7.86. The van der Waals surface area contributed by atoms with Gasteiger partial charge in [-0.2, -0.15) is 0 Å². The van der Waals surface area contributed by atoms with Gasteiger partial charge >= 0.3 is 0 Å². The molecule has 17 heavy (non-hydrogen) atoms. The fourth-order valence-corrected chi connectivity index (χ4v) is 2.51. The van der Waals surface area contributed by atoms with Crippen molar-refractivity contribution in [1.29, 1.82) is 4.78 Å². The van der Waals surface area contributed by atoms with Crippen molar-refractivity contribution in [3.8, 4) is 0 Å². The predicted octanol–water partition coefficient (Wildman–Crippen LogP) is 3.39. The molecule has 0 radical (unpaired) electrons. The van der Waals surface area contributed by atoms with Gasteiger partial charge in [0.1, 0.15) is 0 Å². The molecule has 0 saturated carbocycles. The Kier molecular flexibility index (Phi) is 3.30. The Morgan fingerprint density at radius 2 is 1.47 bits per heavy atom. The van der Waals surface area contributed by atoms with Gasteiger partial charge in [-0.1, -0.05) is 18.2 Å². The molecule has 1 N–H and O–H groups in total. The lowest BCUT2D eigenvalue weighted by Crippen LogP contribution is -1.92. The molecule has 0 aliphatic rings. The van der Waals surface area contributed by atoms with Crippen molar-refractivity contribution in [3.63, 3.8) is 0 Å². The van der Waals surface area contributed by atoms with E-state index in [1.54, 1.807) is 12.1 Å². The monoisotopic (exact) mass is 246 g/mol. The SMILES string of the molecule is N=S(c1ccccc1)c1ccc([N+](=O)[O-])cc1. The average molecular weight is 246 g/mol. The van der Waals surface area contributed by atoms with Crippen LogP contribution in [0.15, 0.2) is 64.4 Å². The van der Waals surface area contributed by atoms with Gasteiger partial charge in [-0.25, -0.2) is 0 Å². The summed E-state index contributed by atoms with van der Waals surface area (Å²) < 4.78 is 8.09. The first-order chi connectivity index (χ1) is 8.18. The largest absolute Gasteiger partial charge is 0.271 e. The molecule has 2 aromatic carbocycles. The first-order valence-electron chi connectivity index (χ1n) is 4.93. The van der Waals surface area contributed by atoms with Crippen molar-refractivity contribution in [3.05, 3.63) is 64.7 Å². The lowest BCUT2D eigenvalue weighted by Gasteiger charge is -2.04. The fourth-order valence-electron chi connectivity index (χ4n) is 1.40. The number of hydrogen-bond donors (Lipinski definition) is 1. The maximum Gasteiger partial charge on any atom is 0.269 e. The third-order valence-corrected chi connectivity index (χ3v) is 3.75. The van der Waals surface area contributed by atoms with E-state index in [0.29, 0.717) is 0 Å². The van der Waals surface area contributed by atoms with Crippen LogP contribution in [0.4, 0.5) is 5.69 Å². The van der Waals surface area contributed by atoms with E-state index in [4.69, 9.17) is 4.78 Å². The van der Waals surface area contributed by atoms with E-state index in [1.165, 1.54) is 12.1 Å². The fraction of sp³-hybridized carbons (Fsp3) is 0. The van der Waals surface area contributed by atoms with Gasteiger partial charge in [0.2, 0.25) is 0 Å². The number of benzene rings is 2. The zero-order valence-electron chi connectivity index (χ0n) is 8.87.